The highest BCUT2D eigenvalue weighted by Crippen LogP contribution is 2.32. The molecule has 4 rings (SSSR count). The molecule has 2 atom stereocenters. The molecule has 0 fully saturated rings. The van der Waals surface area contributed by atoms with Crippen LogP contribution in [0, 0.1) is 0 Å². The van der Waals surface area contributed by atoms with Gasteiger partial charge in [-0.05, 0) is 17.7 Å². The fraction of sp³-hybridized carbons (Fsp3) is 0.235. The molecule has 0 bridgehead atoms. The Morgan fingerprint density at radius 1 is 1.14 bits per heavy atom. The first-order valence-corrected chi connectivity index (χ1v) is 7.18. The Hall–Kier alpha value is -2.49. The molecule has 0 saturated carbocycles. The Morgan fingerprint density at radius 3 is 2.86 bits per heavy atom. The molecule has 106 valence electrons. The van der Waals surface area contributed by atoms with Gasteiger partial charge in [-0.1, -0.05) is 36.4 Å². The van der Waals surface area contributed by atoms with Crippen LogP contribution in [0.4, 0.5) is 5.69 Å². The van der Waals surface area contributed by atoms with E-state index in [1.54, 1.807) is 0 Å². The quantitative estimate of drug-likeness (QED) is 0.887. The third-order valence-corrected chi connectivity index (χ3v) is 4.10. The summed E-state index contributed by atoms with van der Waals surface area (Å²) in [5, 5.41) is 6.36. The van der Waals surface area contributed by atoms with Gasteiger partial charge in [0.05, 0.1) is 6.04 Å². The van der Waals surface area contributed by atoms with Gasteiger partial charge in [0, 0.05) is 17.7 Å². The van der Waals surface area contributed by atoms with E-state index in [0.29, 0.717) is 6.61 Å². The van der Waals surface area contributed by atoms with Crippen molar-refractivity contribution in [1.82, 2.24) is 5.32 Å². The summed E-state index contributed by atoms with van der Waals surface area (Å²) in [6.45, 7) is 0.505. The highest BCUT2D eigenvalue weighted by molar-refractivity contribution is 5.87. The SMILES string of the molecule is O=C(NC1COc2ccccc21)[C@@H]1Cc2ccccc2N1. The minimum atomic E-state index is -0.199. The van der Waals surface area contributed by atoms with E-state index in [-0.39, 0.29) is 18.0 Å². The smallest absolute Gasteiger partial charge is 0.243 e. The van der Waals surface area contributed by atoms with Crippen molar-refractivity contribution in [3.63, 3.8) is 0 Å². The number of hydrogen-bond donors (Lipinski definition) is 2. The Bertz CT molecular complexity index is 674. The largest absolute Gasteiger partial charge is 0.491 e. The average Bonchev–Trinajstić information content (AvgIpc) is 3.11. The van der Waals surface area contributed by atoms with E-state index in [9.17, 15) is 4.79 Å². The van der Waals surface area contributed by atoms with E-state index in [2.05, 4.69) is 16.7 Å². The Kier molecular flexibility index (Phi) is 2.81. The number of fused-ring (bicyclic) bond motifs is 2. The van der Waals surface area contributed by atoms with Gasteiger partial charge in [0.25, 0.3) is 0 Å². The number of ether oxygens (including phenoxy) is 1. The van der Waals surface area contributed by atoms with Crippen molar-refractivity contribution in [2.24, 2.45) is 0 Å². The maximum atomic E-state index is 12.5. The molecule has 21 heavy (non-hydrogen) atoms. The second kappa shape index (κ2) is 4.81. The van der Waals surface area contributed by atoms with Crippen LogP contribution in [0.2, 0.25) is 0 Å². The molecule has 2 aromatic carbocycles. The second-order valence-corrected chi connectivity index (χ2v) is 5.47. The molecule has 0 spiro atoms. The van der Waals surface area contributed by atoms with Gasteiger partial charge in [0.1, 0.15) is 18.4 Å². The van der Waals surface area contributed by atoms with Gasteiger partial charge in [0.2, 0.25) is 5.91 Å². The number of hydrogen-bond acceptors (Lipinski definition) is 3. The first kappa shape index (κ1) is 12.3. The van der Waals surface area contributed by atoms with Crippen molar-refractivity contribution in [3.05, 3.63) is 59.7 Å². The van der Waals surface area contributed by atoms with Gasteiger partial charge in [-0.15, -0.1) is 0 Å². The Balaban J connectivity index is 1.47. The first-order chi connectivity index (χ1) is 10.3. The number of carbonyl (C=O) groups excluding carboxylic acids is 1. The van der Waals surface area contributed by atoms with Crippen molar-refractivity contribution in [2.45, 2.75) is 18.5 Å². The lowest BCUT2D eigenvalue weighted by Crippen LogP contribution is -2.40. The fourth-order valence-corrected chi connectivity index (χ4v) is 3.01. The van der Waals surface area contributed by atoms with Crippen LogP contribution in [0.1, 0.15) is 17.2 Å². The second-order valence-electron chi connectivity index (χ2n) is 5.47. The topological polar surface area (TPSA) is 50.4 Å². The maximum Gasteiger partial charge on any atom is 0.243 e. The molecular weight excluding hydrogens is 264 g/mol. The number of rotatable bonds is 2. The number of nitrogens with one attached hydrogen (secondary N) is 2. The van der Waals surface area contributed by atoms with E-state index in [1.807, 2.05) is 42.5 Å². The monoisotopic (exact) mass is 280 g/mol. The molecule has 1 amide bonds. The number of benzene rings is 2. The number of carbonyl (C=O) groups is 1. The molecule has 0 saturated heterocycles. The molecule has 0 aliphatic carbocycles. The summed E-state index contributed by atoms with van der Waals surface area (Å²) in [5.41, 5.74) is 3.31. The minimum absolute atomic E-state index is 0.0245. The fourth-order valence-electron chi connectivity index (χ4n) is 3.01. The molecule has 2 heterocycles. The average molecular weight is 280 g/mol. The first-order valence-electron chi connectivity index (χ1n) is 7.18. The summed E-state index contributed by atoms with van der Waals surface area (Å²) in [6.07, 6.45) is 0.733. The van der Waals surface area contributed by atoms with Gasteiger partial charge < -0.3 is 15.4 Å². The molecule has 1 unspecified atom stereocenters. The van der Waals surface area contributed by atoms with Crippen LogP contribution in [0.15, 0.2) is 48.5 Å². The normalized spacial score (nSPS) is 21.9. The standard InChI is InChI=1S/C17H16N2O2/c20-17(14-9-11-5-1-3-7-13(11)18-14)19-15-10-21-16-8-4-2-6-12(15)16/h1-8,14-15,18H,9-10H2,(H,19,20)/t14-,15?/m0/s1. The predicted molar refractivity (Wildman–Crippen MR) is 80.4 cm³/mol. The summed E-state index contributed by atoms with van der Waals surface area (Å²) in [4.78, 5) is 12.5. The minimum Gasteiger partial charge on any atom is -0.491 e. The van der Waals surface area contributed by atoms with E-state index in [0.717, 1.165) is 23.4 Å². The molecule has 2 aliphatic rings. The van der Waals surface area contributed by atoms with Crippen LogP contribution in [-0.4, -0.2) is 18.6 Å². The highest BCUT2D eigenvalue weighted by Gasteiger charge is 2.31. The van der Waals surface area contributed by atoms with Crippen LogP contribution in [0.25, 0.3) is 0 Å². The van der Waals surface area contributed by atoms with Crippen LogP contribution < -0.4 is 15.4 Å². The molecule has 2 N–H and O–H groups in total. The molecule has 0 radical (unpaired) electrons. The van der Waals surface area contributed by atoms with Gasteiger partial charge in [0.15, 0.2) is 0 Å². The predicted octanol–water partition coefficient (Wildman–Crippen LogP) is 2.27. The number of para-hydroxylation sites is 2. The maximum absolute atomic E-state index is 12.5. The van der Waals surface area contributed by atoms with Crippen LogP contribution in [0.5, 0.6) is 5.75 Å². The van der Waals surface area contributed by atoms with E-state index in [4.69, 9.17) is 4.74 Å². The molecular formula is C17H16N2O2. The van der Waals surface area contributed by atoms with Crippen molar-refractivity contribution in [2.75, 3.05) is 11.9 Å². The summed E-state index contributed by atoms with van der Waals surface area (Å²) in [6, 6.07) is 15.6. The van der Waals surface area contributed by atoms with Gasteiger partial charge >= 0.3 is 0 Å². The summed E-state index contributed by atoms with van der Waals surface area (Å²) < 4.78 is 5.60. The molecule has 2 aromatic rings. The van der Waals surface area contributed by atoms with Crippen LogP contribution in [0.3, 0.4) is 0 Å². The molecule has 2 aliphatic heterocycles. The third kappa shape index (κ3) is 2.13. The lowest BCUT2D eigenvalue weighted by atomic mass is 10.1. The zero-order chi connectivity index (χ0) is 14.2. The van der Waals surface area contributed by atoms with E-state index in [1.165, 1.54) is 5.56 Å². The molecule has 4 heteroatoms. The summed E-state index contributed by atoms with van der Waals surface area (Å²) in [7, 11) is 0. The third-order valence-electron chi connectivity index (χ3n) is 4.10. The Morgan fingerprint density at radius 2 is 1.95 bits per heavy atom. The van der Waals surface area contributed by atoms with Gasteiger partial charge in [-0.3, -0.25) is 4.79 Å². The van der Waals surface area contributed by atoms with Crippen LogP contribution >= 0.6 is 0 Å². The lowest BCUT2D eigenvalue weighted by Gasteiger charge is -2.16. The van der Waals surface area contributed by atoms with Crippen molar-refractivity contribution in [3.8, 4) is 5.75 Å². The summed E-state index contributed by atoms with van der Waals surface area (Å²) >= 11 is 0. The van der Waals surface area contributed by atoms with Gasteiger partial charge in [-0.2, -0.15) is 0 Å². The van der Waals surface area contributed by atoms with Crippen molar-refractivity contribution >= 4 is 11.6 Å². The zero-order valence-corrected chi connectivity index (χ0v) is 11.5. The van der Waals surface area contributed by atoms with E-state index >= 15 is 0 Å². The van der Waals surface area contributed by atoms with Gasteiger partial charge in [-0.25, -0.2) is 0 Å². The van der Waals surface area contributed by atoms with E-state index < -0.39 is 0 Å². The zero-order valence-electron chi connectivity index (χ0n) is 11.5. The number of anilines is 1. The highest BCUT2D eigenvalue weighted by atomic mass is 16.5. The molecule has 4 nitrogen and oxygen atoms in total. The lowest BCUT2D eigenvalue weighted by molar-refractivity contribution is -0.122. The van der Waals surface area contributed by atoms with Crippen LogP contribution in [-0.2, 0) is 11.2 Å². The molecule has 0 aromatic heterocycles. The summed E-state index contributed by atoms with van der Waals surface area (Å²) in [5.74, 6) is 0.891. The van der Waals surface area contributed by atoms with Crippen molar-refractivity contribution < 1.29 is 9.53 Å². The Labute approximate surface area is 123 Å². The number of amides is 1. The van der Waals surface area contributed by atoms with Crippen molar-refractivity contribution in [1.29, 1.82) is 0 Å².